The topological polar surface area (TPSA) is 145 Å². The number of allylic oxidation sites excluding steroid dienone is 1. The van der Waals surface area contributed by atoms with Crippen LogP contribution in [0.1, 0.15) is 41.0 Å². The molecule has 0 saturated carbocycles. The third-order valence-electron chi connectivity index (χ3n) is 2.60. The molecule has 0 N–H and O–H groups in total. The molecule has 0 unspecified atom stereocenters. The van der Waals surface area contributed by atoms with Crippen LogP contribution in [0.4, 0.5) is 39.5 Å². The SMILES string of the molecule is CCOC(=O)/C=C(\[O-])C(F)(F)F.CCOC(=O)C(F)(F)F.CCOC(=O)CC(=O)C(F)(F)F.CCOC(C)=O.[Na+]. The van der Waals surface area contributed by atoms with Gasteiger partial charge in [0.05, 0.1) is 26.4 Å². The van der Waals surface area contributed by atoms with E-state index < -0.39 is 54.4 Å². The van der Waals surface area contributed by atoms with Crippen molar-refractivity contribution in [3.8, 4) is 0 Å². The zero-order chi connectivity index (χ0) is 32.0. The van der Waals surface area contributed by atoms with Gasteiger partial charge in [0.25, 0.3) is 0 Å². The number of alkyl halides is 9. The third kappa shape index (κ3) is 33.5. The quantitative estimate of drug-likeness (QED) is 0.0732. The summed E-state index contributed by atoms with van der Waals surface area (Å²) >= 11 is 0. The fourth-order valence-electron chi connectivity index (χ4n) is 1.23. The van der Waals surface area contributed by atoms with Crippen molar-refractivity contribution in [2.45, 2.75) is 59.6 Å². The van der Waals surface area contributed by atoms with E-state index >= 15 is 0 Å². The second-order valence-electron chi connectivity index (χ2n) is 5.80. The molecule has 10 nitrogen and oxygen atoms in total. The van der Waals surface area contributed by atoms with E-state index in [9.17, 15) is 68.6 Å². The Morgan fingerprint density at radius 3 is 1.27 bits per heavy atom. The number of halogens is 9. The maximum atomic E-state index is 11.5. The van der Waals surface area contributed by atoms with Gasteiger partial charge in [-0.15, -0.1) is 0 Å². The molecule has 0 aliphatic carbocycles. The maximum Gasteiger partial charge on any atom is 1.00 e. The van der Waals surface area contributed by atoms with Crippen molar-refractivity contribution in [2.75, 3.05) is 26.4 Å². The van der Waals surface area contributed by atoms with E-state index in [1.54, 1.807) is 6.92 Å². The van der Waals surface area contributed by atoms with Crippen LogP contribution in [0, 0.1) is 0 Å². The molecule has 0 heterocycles. The number of carbonyl (C=O) groups excluding carboxylic acids is 5. The molecular weight excluding hydrogens is 594 g/mol. The predicted molar refractivity (Wildman–Crippen MR) is 108 cm³/mol. The molecular formula is C20H26F9NaO10. The maximum absolute atomic E-state index is 11.5. The van der Waals surface area contributed by atoms with Gasteiger partial charge in [0, 0.05) is 13.0 Å². The summed E-state index contributed by atoms with van der Waals surface area (Å²) in [6.45, 7) is 7.46. The molecule has 0 spiro atoms. The van der Waals surface area contributed by atoms with E-state index in [4.69, 9.17) is 0 Å². The van der Waals surface area contributed by atoms with E-state index in [-0.39, 0.29) is 61.4 Å². The summed E-state index contributed by atoms with van der Waals surface area (Å²) in [4.78, 5) is 50.3. The van der Waals surface area contributed by atoms with Crippen molar-refractivity contribution in [3.63, 3.8) is 0 Å². The number of ketones is 1. The first-order chi connectivity index (χ1) is 17.5. The molecule has 0 amide bonds. The Hall–Kier alpha value is -2.54. The Bertz CT molecular complexity index is 793. The summed E-state index contributed by atoms with van der Waals surface area (Å²) in [5, 5.41) is 10.1. The number of hydrogen-bond donors (Lipinski definition) is 0. The van der Waals surface area contributed by atoms with Crippen molar-refractivity contribution in [2.24, 2.45) is 0 Å². The minimum Gasteiger partial charge on any atom is -0.869 e. The van der Waals surface area contributed by atoms with E-state index in [1.165, 1.54) is 27.7 Å². The first kappa shape index (κ1) is 47.3. The Kier molecular flexibility index (Phi) is 28.7. The van der Waals surface area contributed by atoms with Crippen molar-refractivity contribution < 1.29 is 117 Å². The molecule has 0 fully saturated rings. The number of esters is 4. The first-order valence-corrected chi connectivity index (χ1v) is 10.3. The van der Waals surface area contributed by atoms with Crippen LogP contribution in [0.2, 0.25) is 0 Å². The Morgan fingerprint density at radius 2 is 1.05 bits per heavy atom. The summed E-state index contributed by atoms with van der Waals surface area (Å²) in [7, 11) is 0. The average molecular weight is 620 g/mol. The van der Waals surface area contributed by atoms with Gasteiger partial charge in [-0.2, -0.15) is 39.5 Å². The van der Waals surface area contributed by atoms with Crippen LogP contribution in [0.3, 0.4) is 0 Å². The summed E-state index contributed by atoms with van der Waals surface area (Å²) in [5.41, 5.74) is 0. The summed E-state index contributed by atoms with van der Waals surface area (Å²) in [5.74, 6) is -9.07. The van der Waals surface area contributed by atoms with Gasteiger partial charge in [0.1, 0.15) is 6.42 Å². The Balaban J connectivity index is -0.000000139. The molecule has 0 radical (unpaired) electrons. The zero-order valence-corrected chi connectivity index (χ0v) is 24.1. The van der Waals surface area contributed by atoms with Gasteiger partial charge in [-0.25, -0.2) is 9.59 Å². The average Bonchev–Trinajstić information content (AvgIpc) is 2.73. The summed E-state index contributed by atoms with van der Waals surface area (Å²) in [6, 6.07) is 0. The van der Waals surface area contributed by atoms with Gasteiger partial charge in [0.15, 0.2) is 0 Å². The number of rotatable bonds is 7. The summed E-state index contributed by atoms with van der Waals surface area (Å²) in [6.07, 6.45) is -16.2. The molecule has 0 rings (SSSR count). The van der Waals surface area contributed by atoms with E-state index in [0.717, 1.165) is 0 Å². The fraction of sp³-hybridized carbons (Fsp3) is 0.650. The van der Waals surface area contributed by atoms with Crippen LogP contribution in [-0.4, -0.2) is 74.6 Å². The van der Waals surface area contributed by atoms with Gasteiger partial charge in [-0.05, 0) is 33.5 Å². The molecule has 0 aromatic carbocycles. The molecule has 0 aromatic rings. The van der Waals surface area contributed by atoms with Crippen molar-refractivity contribution in [3.05, 3.63) is 11.8 Å². The van der Waals surface area contributed by atoms with Crippen LogP contribution in [0.15, 0.2) is 11.8 Å². The first-order valence-electron chi connectivity index (χ1n) is 10.3. The molecule has 40 heavy (non-hydrogen) atoms. The van der Waals surface area contributed by atoms with Crippen LogP contribution in [0.25, 0.3) is 0 Å². The Labute approximate surface area is 244 Å². The Morgan fingerprint density at radius 1 is 0.650 bits per heavy atom. The van der Waals surface area contributed by atoms with Crippen LogP contribution < -0.4 is 34.7 Å². The largest absolute Gasteiger partial charge is 1.00 e. The van der Waals surface area contributed by atoms with E-state index in [0.29, 0.717) is 6.61 Å². The van der Waals surface area contributed by atoms with Crippen LogP contribution in [-0.2, 0) is 42.9 Å². The molecule has 20 heteroatoms. The van der Waals surface area contributed by atoms with Gasteiger partial charge in [0.2, 0.25) is 5.78 Å². The third-order valence-corrected chi connectivity index (χ3v) is 2.60. The van der Waals surface area contributed by atoms with E-state index in [1.807, 2.05) is 0 Å². The standard InChI is InChI=1S/2C6H7F3O3.C4H5F3O2.C4H8O2.Na/c2*1-2-12-5(11)3-4(10)6(7,8)9;1-2-9-3(8)4(5,6)7;1-3-6-4(2)5;/h2-3H2,1H3;3,10H,2H2,1H3;2H2,1H3;3H2,1-2H3;/q;;;;+1/p-1/b;4-3-;;;. The molecule has 0 aliphatic rings. The van der Waals surface area contributed by atoms with Crippen molar-refractivity contribution >= 4 is 29.7 Å². The number of hydrogen-bond acceptors (Lipinski definition) is 10. The normalized spacial score (nSPS) is 10.8. The second kappa shape index (κ2) is 24.3. The van der Waals surface area contributed by atoms with Gasteiger partial charge in [-0.1, -0.05) is 0 Å². The number of Topliss-reactive ketones (excluding diaryl/α,β-unsaturated/α-hetero) is 1. The van der Waals surface area contributed by atoms with Crippen molar-refractivity contribution in [1.29, 1.82) is 0 Å². The smallest absolute Gasteiger partial charge is 0.869 e. The van der Waals surface area contributed by atoms with E-state index in [2.05, 4.69) is 18.9 Å². The predicted octanol–water partition coefficient (Wildman–Crippen LogP) is 0.112. The molecule has 0 bridgehead atoms. The monoisotopic (exact) mass is 620 g/mol. The minimum absolute atomic E-state index is 0. The van der Waals surface area contributed by atoms with Crippen LogP contribution in [0.5, 0.6) is 0 Å². The van der Waals surface area contributed by atoms with Gasteiger partial charge in [-0.3, -0.25) is 14.4 Å². The molecule has 0 aromatic heterocycles. The van der Waals surface area contributed by atoms with Gasteiger partial charge < -0.3 is 24.1 Å². The molecule has 230 valence electrons. The van der Waals surface area contributed by atoms with Crippen LogP contribution >= 0.6 is 0 Å². The molecule has 0 aliphatic heterocycles. The minimum atomic E-state index is -5.01. The number of ether oxygens (including phenoxy) is 4. The van der Waals surface area contributed by atoms with Crippen molar-refractivity contribution in [1.82, 2.24) is 0 Å². The second-order valence-corrected chi connectivity index (χ2v) is 5.80. The zero-order valence-electron chi connectivity index (χ0n) is 22.1. The fourth-order valence-corrected chi connectivity index (χ4v) is 1.23. The summed E-state index contributed by atoms with van der Waals surface area (Å²) < 4.78 is 119. The van der Waals surface area contributed by atoms with Gasteiger partial charge >= 0.3 is 72.0 Å². The molecule has 0 atom stereocenters. The number of carbonyl (C=O) groups is 5. The molecule has 0 saturated heterocycles.